The van der Waals surface area contributed by atoms with E-state index in [4.69, 9.17) is 11.6 Å². The third-order valence-corrected chi connectivity index (χ3v) is 4.31. The zero-order chi connectivity index (χ0) is 19.3. The van der Waals surface area contributed by atoms with E-state index in [1.54, 1.807) is 60.7 Å². The van der Waals surface area contributed by atoms with Gasteiger partial charge >= 0.3 is 0 Å². The van der Waals surface area contributed by atoms with Crippen molar-refractivity contribution in [3.63, 3.8) is 0 Å². The number of nitrogens with one attached hydrogen (secondary N) is 1. The highest BCUT2D eigenvalue weighted by atomic mass is 35.5. The Kier molecular flexibility index (Phi) is 5.54. The Morgan fingerprint density at radius 3 is 2.07 bits per heavy atom. The molecule has 0 bridgehead atoms. The Morgan fingerprint density at radius 1 is 0.963 bits per heavy atom. The predicted molar refractivity (Wildman–Crippen MR) is 105 cm³/mol. The van der Waals surface area contributed by atoms with Gasteiger partial charge in [0.05, 0.1) is 6.21 Å². The van der Waals surface area contributed by atoms with Crippen LogP contribution in [0.5, 0.6) is 5.75 Å². The van der Waals surface area contributed by atoms with Crippen molar-refractivity contribution >= 4 is 23.7 Å². The molecule has 3 aromatic carbocycles. The fourth-order valence-corrected chi connectivity index (χ4v) is 2.84. The van der Waals surface area contributed by atoms with Crippen LogP contribution in [0.15, 0.2) is 84.0 Å². The number of amides is 1. The average Bonchev–Trinajstić information content (AvgIpc) is 2.71. The molecule has 0 radical (unpaired) electrons. The highest BCUT2D eigenvalue weighted by molar-refractivity contribution is 6.30. The average molecular weight is 381 g/mol. The molecule has 136 valence electrons. The Balaban J connectivity index is 1.90. The summed E-state index contributed by atoms with van der Waals surface area (Å²) in [6.45, 7) is 0. The van der Waals surface area contributed by atoms with Gasteiger partial charge in [-0.3, -0.25) is 4.79 Å². The lowest BCUT2D eigenvalue weighted by Crippen LogP contribution is -2.43. The second-order valence-electron chi connectivity index (χ2n) is 5.84. The maximum atomic E-state index is 12.8. The molecule has 3 N–H and O–H groups in total. The number of rotatable bonds is 5. The molecule has 1 amide bonds. The first-order valence-corrected chi connectivity index (χ1v) is 8.55. The van der Waals surface area contributed by atoms with Gasteiger partial charge in [0.1, 0.15) is 5.75 Å². The van der Waals surface area contributed by atoms with Crippen LogP contribution >= 0.6 is 11.6 Å². The minimum absolute atomic E-state index is 0.0289. The monoisotopic (exact) mass is 380 g/mol. The smallest absolute Gasteiger partial charge is 0.281 e. The number of hydrazone groups is 1. The Morgan fingerprint density at radius 2 is 1.52 bits per heavy atom. The molecule has 0 aliphatic carbocycles. The van der Waals surface area contributed by atoms with E-state index in [1.165, 1.54) is 24.4 Å². The fraction of sp³-hybridized carbons (Fsp3) is 0.0476. The molecule has 0 atom stereocenters. The molecule has 0 heterocycles. The largest absolute Gasteiger partial charge is 0.507 e. The number of aliphatic hydroxyl groups is 1. The summed E-state index contributed by atoms with van der Waals surface area (Å²) in [5.41, 5.74) is 1.58. The number of phenols is 1. The van der Waals surface area contributed by atoms with E-state index in [2.05, 4.69) is 10.5 Å². The standard InChI is InChI=1S/C21H17ClN2O3/c22-18-11-12-19(25)15(13-18)14-23-24-20(26)21(27,16-7-3-1-4-8-16)17-9-5-2-6-10-17/h1-14,25,27H,(H,24,26)/b23-14+. The summed E-state index contributed by atoms with van der Waals surface area (Å²) in [6, 6.07) is 21.7. The molecule has 0 aliphatic rings. The normalized spacial score (nSPS) is 11.5. The summed E-state index contributed by atoms with van der Waals surface area (Å²) in [5.74, 6) is -0.753. The van der Waals surface area contributed by atoms with Gasteiger partial charge in [-0.1, -0.05) is 72.3 Å². The molecular formula is C21H17ClN2O3. The van der Waals surface area contributed by atoms with Gasteiger partial charge in [-0.25, -0.2) is 5.43 Å². The van der Waals surface area contributed by atoms with Gasteiger partial charge in [0.2, 0.25) is 0 Å². The van der Waals surface area contributed by atoms with Crippen LogP contribution in [0.25, 0.3) is 0 Å². The lowest BCUT2D eigenvalue weighted by atomic mass is 9.85. The molecule has 0 spiro atoms. The summed E-state index contributed by atoms with van der Waals surface area (Å²) >= 11 is 5.89. The number of phenolic OH excluding ortho intramolecular Hbond substituents is 1. The Hall–Kier alpha value is -3.15. The van der Waals surface area contributed by atoms with Gasteiger partial charge in [0, 0.05) is 10.6 Å². The maximum Gasteiger partial charge on any atom is 0.281 e. The van der Waals surface area contributed by atoms with Crippen molar-refractivity contribution in [3.8, 4) is 5.75 Å². The number of benzene rings is 3. The van der Waals surface area contributed by atoms with Crippen LogP contribution in [-0.2, 0) is 10.4 Å². The van der Waals surface area contributed by atoms with E-state index in [-0.39, 0.29) is 5.75 Å². The zero-order valence-corrected chi connectivity index (χ0v) is 15.0. The minimum Gasteiger partial charge on any atom is -0.507 e. The van der Waals surface area contributed by atoms with Crippen LogP contribution in [0.4, 0.5) is 0 Å². The molecule has 0 unspecified atom stereocenters. The van der Waals surface area contributed by atoms with Crippen LogP contribution in [0.2, 0.25) is 5.02 Å². The Labute approximate surface area is 161 Å². The van der Waals surface area contributed by atoms with Crippen LogP contribution < -0.4 is 5.43 Å². The van der Waals surface area contributed by atoms with Crippen LogP contribution in [0.3, 0.4) is 0 Å². The van der Waals surface area contributed by atoms with E-state index in [1.807, 2.05) is 0 Å². The van der Waals surface area contributed by atoms with Crippen molar-refractivity contribution < 1.29 is 15.0 Å². The molecule has 3 aromatic rings. The van der Waals surface area contributed by atoms with Crippen LogP contribution in [-0.4, -0.2) is 22.3 Å². The van der Waals surface area contributed by atoms with Crippen molar-refractivity contribution in [1.29, 1.82) is 0 Å². The third-order valence-electron chi connectivity index (χ3n) is 4.07. The van der Waals surface area contributed by atoms with E-state index < -0.39 is 11.5 Å². The third kappa shape index (κ3) is 4.00. The van der Waals surface area contributed by atoms with Crippen molar-refractivity contribution in [2.75, 3.05) is 0 Å². The number of hydrogen-bond acceptors (Lipinski definition) is 4. The second-order valence-corrected chi connectivity index (χ2v) is 6.28. The quantitative estimate of drug-likeness (QED) is 0.468. The lowest BCUT2D eigenvalue weighted by molar-refractivity contribution is -0.136. The van der Waals surface area contributed by atoms with Gasteiger partial charge in [-0.2, -0.15) is 5.10 Å². The van der Waals surface area contributed by atoms with Crippen molar-refractivity contribution in [1.82, 2.24) is 5.43 Å². The molecule has 27 heavy (non-hydrogen) atoms. The first-order valence-electron chi connectivity index (χ1n) is 8.17. The summed E-state index contributed by atoms with van der Waals surface area (Å²) in [6.07, 6.45) is 1.26. The second kappa shape index (κ2) is 8.03. The Bertz CT molecular complexity index is 920. The van der Waals surface area contributed by atoms with Gasteiger partial charge in [0.15, 0.2) is 5.60 Å². The number of carbonyl (C=O) groups is 1. The molecule has 5 nitrogen and oxygen atoms in total. The number of halogens is 1. The van der Waals surface area contributed by atoms with Crippen molar-refractivity contribution in [2.24, 2.45) is 5.10 Å². The van der Waals surface area contributed by atoms with Gasteiger partial charge in [0.25, 0.3) is 5.91 Å². The SMILES string of the molecule is O=C(N/N=C/c1cc(Cl)ccc1O)C(O)(c1ccccc1)c1ccccc1. The first kappa shape index (κ1) is 18.6. The van der Waals surface area contributed by atoms with Crippen molar-refractivity contribution in [2.45, 2.75) is 5.60 Å². The molecule has 0 saturated carbocycles. The number of carbonyl (C=O) groups excluding carboxylic acids is 1. The van der Waals surface area contributed by atoms with E-state index in [0.29, 0.717) is 21.7 Å². The van der Waals surface area contributed by atoms with Gasteiger partial charge in [-0.05, 0) is 29.3 Å². The minimum atomic E-state index is -1.92. The van der Waals surface area contributed by atoms with Crippen LogP contribution in [0.1, 0.15) is 16.7 Å². The van der Waals surface area contributed by atoms with Gasteiger partial charge in [-0.15, -0.1) is 0 Å². The van der Waals surface area contributed by atoms with Crippen molar-refractivity contribution in [3.05, 3.63) is 101 Å². The van der Waals surface area contributed by atoms with E-state index in [0.717, 1.165) is 0 Å². The molecule has 3 rings (SSSR count). The topological polar surface area (TPSA) is 81.9 Å². The highest BCUT2D eigenvalue weighted by Gasteiger charge is 2.39. The highest BCUT2D eigenvalue weighted by Crippen LogP contribution is 2.29. The fourth-order valence-electron chi connectivity index (χ4n) is 2.66. The molecule has 0 fully saturated rings. The zero-order valence-electron chi connectivity index (χ0n) is 14.2. The first-order chi connectivity index (χ1) is 13.0. The number of hydrogen-bond donors (Lipinski definition) is 3. The molecular weight excluding hydrogens is 364 g/mol. The van der Waals surface area contributed by atoms with Crippen LogP contribution in [0, 0.1) is 0 Å². The molecule has 0 saturated heterocycles. The van der Waals surface area contributed by atoms with Gasteiger partial charge < -0.3 is 10.2 Å². The lowest BCUT2D eigenvalue weighted by Gasteiger charge is -2.27. The van der Waals surface area contributed by atoms with E-state index >= 15 is 0 Å². The molecule has 0 aromatic heterocycles. The maximum absolute atomic E-state index is 12.8. The summed E-state index contributed by atoms with van der Waals surface area (Å²) in [5, 5.41) is 25.3. The summed E-state index contributed by atoms with van der Waals surface area (Å²) in [7, 11) is 0. The number of nitrogens with zero attached hydrogens (tertiary/aromatic N) is 1. The molecule has 0 aliphatic heterocycles. The van der Waals surface area contributed by atoms with E-state index in [9.17, 15) is 15.0 Å². The number of aromatic hydroxyl groups is 1. The molecule has 6 heteroatoms. The predicted octanol–water partition coefficient (Wildman–Crippen LogP) is 3.43. The summed E-state index contributed by atoms with van der Waals surface area (Å²) in [4.78, 5) is 12.8. The summed E-state index contributed by atoms with van der Waals surface area (Å²) < 4.78 is 0.